The zero-order valence-corrected chi connectivity index (χ0v) is 11.6. The van der Waals surface area contributed by atoms with Crippen LogP contribution in [0.2, 0.25) is 0 Å². The van der Waals surface area contributed by atoms with Crippen LogP contribution in [0, 0.1) is 0 Å². The minimum Gasteiger partial charge on any atom is -0.301 e. The Morgan fingerprint density at radius 3 is 2.95 bits per heavy atom. The van der Waals surface area contributed by atoms with Gasteiger partial charge < -0.3 is 4.90 Å². The molecule has 1 heterocycles. The van der Waals surface area contributed by atoms with Crippen molar-refractivity contribution in [3.05, 3.63) is 35.4 Å². The fourth-order valence-electron chi connectivity index (χ4n) is 2.42. The highest BCUT2D eigenvalue weighted by atomic mass is 16.2. The van der Waals surface area contributed by atoms with E-state index in [0.717, 1.165) is 31.7 Å². The van der Waals surface area contributed by atoms with Gasteiger partial charge in [-0.15, -0.1) is 0 Å². The van der Waals surface area contributed by atoms with Gasteiger partial charge in [0.05, 0.1) is 0 Å². The minimum atomic E-state index is -0.242. The van der Waals surface area contributed by atoms with Gasteiger partial charge in [0.1, 0.15) is 0 Å². The van der Waals surface area contributed by atoms with Crippen LogP contribution in [0.15, 0.2) is 24.3 Å². The van der Waals surface area contributed by atoms with Crippen LogP contribution in [-0.4, -0.2) is 48.4 Å². The highest BCUT2D eigenvalue weighted by molar-refractivity contribution is 5.93. The van der Waals surface area contributed by atoms with Crippen LogP contribution in [-0.2, 0) is 6.54 Å². The second kappa shape index (κ2) is 6.14. The van der Waals surface area contributed by atoms with Crippen molar-refractivity contribution in [2.45, 2.75) is 19.5 Å². The monoisotopic (exact) mass is 262 g/mol. The number of hydrogen-bond donors (Lipinski definition) is 2. The lowest BCUT2D eigenvalue weighted by Gasteiger charge is -2.37. The third-order valence-corrected chi connectivity index (χ3v) is 3.77. The molecule has 5 heteroatoms. The summed E-state index contributed by atoms with van der Waals surface area (Å²) in [7, 11) is 2.16. The predicted octanol–water partition coefficient (Wildman–Crippen LogP) is 0.426. The summed E-state index contributed by atoms with van der Waals surface area (Å²) < 4.78 is 0. The maximum absolute atomic E-state index is 11.5. The molecule has 1 aliphatic rings. The molecule has 1 aromatic rings. The normalized spacial score (nSPS) is 21.3. The molecule has 2 rings (SSSR count). The van der Waals surface area contributed by atoms with E-state index in [2.05, 4.69) is 35.3 Å². The van der Waals surface area contributed by atoms with E-state index in [9.17, 15) is 4.79 Å². The van der Waals surface area contributed by atoms with Crippen molar-refractivity contribution in [3.63, 3.8) is 0 Å². The van der Waals surface area contributed by atoms with E-state index in [1.807, 2.05) is 12.1 Å². The summed E-state index contributed by atoms with van der Waals surface area (Å²) in [6.07, 6.45) is 0. The number of likely N-dealkylation sites (N-methyl/N-ethyl adjacent to an activating group) is 1. The topological polar surface area (TPSA) is 61.6 Å². The number of nitrogen functional groups attached to an aromatic ring is 1. The van der Waals surface area contributed by atoms with Gasteiger partial charge in [-0.2, -0.15) is 0 Å². The third kappa shape index (κ3) is 3.53. The lowest BCUT2D eigenvalue weighted by molar-refractivity contribution is 0.0951. The van der Waals surface area contributed by atoms with Crippen LogP contribution >= 0.6 is 0 Å². The van der Waals surface area contributed by atoms with E-state index in [4.69, 9.17) is 5.84 Å². The van der Waals surface area contributed by atoms with Crippen molar-refractivity contribution in [3.8, 4) is 0 Å². The molecule has 0 aromatic heterocycles. The van der Waals surface area contributed by atoms with E-state index in [1.54, 1.807) is 6.07 Å². The summed E-state index contributed by atoms with van der Waals surface area (Å²) in [5, 5.41) is 0. The lowest BCUT2D eigenvalue weighted by atomic mass is 10.1. The molecular weight excluding hydrogens is 240 g/mol. The summed E-state index contributed by atoms with van der Waals surface area (Å²) in [6, 6.07) is 8.21. The van der Waals surface area contributed by atoms with Crippen molar-refractivity contribution < 1.29 is 4.79 Å². The molecule has 1 amide bonds. The Morgan fingerprint density at radius 2 is 2.26 bits per heavy atom. The van der Waals surface area contributed by atoms with Gasteiger partial charge in [0, 0.05) is 37.8 Å². The van der Waals surface area contributed by atoms with Crippen molar-refractivity contribution in [2.75, 3.05) is 26.7 Å². The molecule has 19 heavy (non-hydrogen) atoms. The van der Waals surface area contributed by atoms with Gasteiger partial charge in [0.15, 0.2) is 0 Å². The Bertz CT molecular complexity index is 449. The Balaban J connectivity index is 2.01. The van der Waals surface area contributed by atoms with Gasteiger partial charge >= 0.3 is 0 Å². The average molecular weight is 262 g/mol. The van der Waals surface area contributed by atoms with Crippen molar-refractivity contribution in [1.82, 2.24) is 15.2 Å². The van der Waals surface area contributed by atoms with E-state index < -0.39 is 0 Å². The minimum absolute atomic E-state index is 0.242. The molecule has 0 radical (unpaired) electrons. The standard InChI is InChI=1S/C14H22N4O/c1-11-9-18(7-6-17(11)2)10-12-4-3-5-13(8-12)14(19)16-15/h3-5,8,11H,6-7,9-10,15H2,1-2H3,(H,16,19). The Labute approximate surface area is 114 Å². The number of benzene rings is 1. The van der Waals surface area contributed by atoms with Crippen molar-refractivity contribution in [2.24, 2.45) is 5.84 Å². The molecule has 104 valence electrons. The van der Waals surface area contributed by atoms with Crippen molar-refractivity contribution in [1.29, 1.82) is 0 Å². The zero-order chi connectivity index (χ0) is 13.8. The molecule has 1 fully saturated rings. The highest BCUT2D eigenvalue weighted by Crippen LogP contribution is 2.13. The summed E-state index contributed by atoms with van der Waals surface area (Å²) in [5.41, 5.74) is 3.93. The number of piperazine rings is 1. The summed E-state index contributed by atoms with van der Waals surface area (Å²) >= 11 is 0. The molecule has 3 N–H and O–H groups in total. The number of nitrogens with two attached hydrogens (primary N) is 1. The second-order valence-electron chi connectivity index (χ2n) is 5.24. The maximum atomic E-state index is 11.5. The van der Waals surface area contributed by atoms with Crippen LogP contribution in [0.4, 0.5) is 0 Å². The van der Waals surface area contributed by atoms with E-state index in [-0.39, 0.29) is 5.91 Å². The van der Waals surface area contributed by atoms with Crippen LogP contribution in [0.25, 0.3) is 0 Å². The van der Waals surface area contributed by atoms with Crippen LogP contribution in [0.5, 0.6) is 0 Å². The first-order valence-corrected chi connectivity index (χ1v) is 6.62. The summed E-state index contributed by atoms with van der Waals surface area (Å²) in [4.78, 5) is 16.3. The zero-order valence-electron chi connectivity index (χ0n) is 11.6. The Kier molecular flexibility index (Phi) is 4.52. The maximum Gasteiger partial charge on any atom is 0.265 e. The second-order valence-corrected chi connectivity index (χ2v) is 5.24. The van der Waals surface area contributed by atoms with Crippen LogP contribution in [0.1, 0.15) is 22.8 Å². The van der Waals surface area contributed by atoms with Crippen LogP contribution < -0.4 is 11.3 Å². The molecule has 1 aliphatic heterocycles. The van der Waals surface area contributed by atoms with E-state index >= 15 is 0 Å². The number of hydrazine groups is 1. The number of hydrogen-bond acceptors (Lipinski definition) is 4. The van der Waals surface area contributed by atoms with Crippen molar-refractivity contribution >= 4 is 5.91 Å². The summed E-state index contributed by atoms with van der Waals surface area (Å²) in [6.45, 7) is 6.33. The van der Waals surface area contributed by atoms with E-state index in [0.29, 0.717) is 11.6 Å². The first-order valence-electron chi connectivity index (χ1n) is 6.62. The molecule has 0 saturated carbocycles. The summed E-state index contributed by atoms with van der Waals surface area (Å²) in [5.74, 6) is 4.91. The number of nitrogens with one attached hydrogen (secondary N) is 1. The van der Waals surface area contributed by atoms with Gasteiger partial charge in [-0.3, -0.25) is 15.1 Å². The van der Waals surface area contributed by atoms with Gasteiger partial charge in [-0.25, -0.2) is 5.84 Å². The predicted molar refractivity (Wildman–Crippen MR) is 75.5 cm³/mol. The first-order chi connectivity index (χ1) is 9.10. The largest absolute Gasteiger partial charge is 0.301 e. The van der Waals surface area contributed by atoms with Gasteiger partial charge in [-0.05, 0) is 31.7 Å². The fraction of sp³-hybridized carbons (Fsp3) is 0.500. The molecule has 0 bridgehead atoms. The molecule has 1 aromatic carbocycles. The molecule has 0 aliphatic carbocycles. The number of carbonyl (C=O) groups is 1. The average Bonchev–Trinajstić information content (AvgIpc) is 2.42. The smallest absolute Gasteiger partial charge is 0.265 e. The number of amides is 1. The van der Waals surface area contributed by atoms with Gasteiger partial charge in [0.2, 0.25) is 0 Å². The molecular formula is C14H22N4O. The number of rotatable bonds is 3. The van der Waals surface area contributed by atoms with Gasteiger partial charge in [-0.1, -0.05) is 12.1 Å². The fourth-order valence-corrected chi connectivity index (χ4v) is 2.42. The lowest BCUT2D eigenvalue weighted by Crippen LogP contribution is -2.49. The van der Waals surface area contributed by atoms with Crippen LogP contribution in [0.3, 0.4) is 0 Å². The quantitative estimate of drug-likeness (QED) is 0.471. The molecule has 0 spiro atoms. The SMILES string of the molecule is CC1CN(Cc2cccc(C(=O)NN)c2)CCN1C. The van der Waals surface area contributed by atoms with Gasteiger partial charge in [0.25, 0.3) is 5.91 Å². The molecule has 1 unspecified atom stereocenters. The number of carbonyl (C=O) groups excluding carboxylic acids is 1. The number of nitrogens with zero attached hydrogens (tertiary/aromatic N) is 2. The first kappa shape index (κ1) is 14.0. The molecule has 5 nitrogen and oxygen atoms in total. The third-order valence-electron chi connectivity index (χ3n) is 3.77. The highest BCUT2D eigenvalue weighted by Gasteiger charge is 2.20. The Hall–Kier alpha value is -1.43. The molecule has 1 saturated heterocycles. The Morgan fingerprint density at radius 1 is 1.47 bits per heavy atom. The van der Waals surface area contributed by atoms with E-state index in [1.165, 1.54) is 0 Å². The molecule has 1 atom stereocenters.